The van der Waals surface area contributed by atoms with E-state index in [1.807, 2.05) is 32.9 Å². The number of amides is 1. The molecular weight excluding hydrogens is 368 g/mol. The van der Waals surface area contributed by atoms with Gasteiger partial charge in [-0.25, -0.2) is 14.8 Å². The smallest absolute Gasteiger partial charge is 0.410 e. The number of carbonyl (C=O) groups excluding carboxylic acids is 2. The van der Waals surface area contributed by atoms with Crippen molar-refractivity contribution in [3.8, 4) is 0 Å². The Labute approximate surface area is 161 Å². The summed E-state index contributed by atoms with van der Waals surface area (Å²) in [6, 6.07) is 5.52. The Morgan fingerprint density at radius 3 is 2.96 bits per heavy atom. The molecule has 1 unspecified atom stereocenters. The van der Waals surface area contributed by atoms with Gasteiger partial charge in [0.05, 0.1) is 29.9 Å². The summed E-state index contributed by atoms with van der Waals surface area (Å²) in [5, 5.41) is 3.66. The largest absolute Gasteiger partial charge is 0.444 e. The molecule has 2 aromatic rings. The number of nitrogens with zero attached hydrogens (tertiary/aromatic N) is 3. The fraction of sp³-hybridized carbons (Fsp3) is 0.444. The van der Waals surface area contributed by atoms with E-state index in [0.717, 1.165) is 6.29 Å². The number of morpholine rings is 1. The summed E-state index contributed by atoms with van der Waals surface area (Å²) in [5.74, 6) is 0.595. The number of rotatable bonds is 4. The fourth-order valence-corrected chi connectivity index (χ4v) is 3.17. The topological polar surface area (TPSA) is 93.6 Å². The van der Waals surface area contributed by atoms with Crippen LogP contribution in [0, 0.1) is 0 Å². The Hall–Kier alpha value is -2.52. The van der Waals surface area contributed by atoms with Crippen molar-refractivity contribution in [2.45, 2.75) is 32.5 Å². The van der Waals surface area contributed by atoms with Crippen molar-refractivity contribution in [2.75, 3.05) is 25.0 Å². The molecule has 2 aromatic heterocycles. The number of aromatic nitrogens is 2. The van der Waals surface area contributed by atoms with Crippen LogP contribution in [0.5, 0.6) is 0 Å². The van der Waals surface area contributed by atoms with Crippen LogP contribution in [0.25, 0.3) is 0 Å². The van der Waals surface area contributed by atoms with Crippen molar-refractivity contribution in [2.24, 2.45) is 0 Å². The highest BCUT2D eigenvalue weighted by molar-refractivity contribution is 7.17. The van der Waals surface area contributed by atoms with Gasteiger partial charge in [0.25, 0.3) is 0 Å². The molecule has 1 N–H and O–H groups in total. The van der Waals surface area contributed by atoms with E-state index in [-0.39, 0.29) is 12.2 Å². The van der Waals surface area contributed by atoms with Crippen LogP contribution < -0.4 is 5.32 Å². The third-order valence-corrected chi connectivity index (χ3v) is 4.53. The number of pyridine rings is 1. The van der Waals surface area contributed by atoms with Crippen LogP contribution in [-0.2, 0) is 9.47 Å². The lowest BCUT2D eigenvalue weighted by atomic mass is 10.2. The molecule has 0 aliphatic carbocycles. The zero-order chi connectivity index (χ0) is 19.4. The van der Waals surface area contributed by atoms with Crippen molar-refractivity contribution in [1.29, 1.82) is 0 Å². The van der Waals surface area contributed by atoms with Crippen molar-refractivity contribution >= 4 is 34.7 Å². The van der Waals surface area contributed by atoms with Gasteiger partial charge in [-0.1, -0.05) is 17.4 Å². The molecule has 27 heavy (non-hydrogen) atoms. The lowest BCUT2D eigenvalue weighted by Gasteiger charge is -2.34. The molecule has 1 fully saturated rings. The van der Waals surface area contributed by atoms with Gasteiger partial charge < -0.3 is 19.7 Å². The number of ether oxygens (including phenoxy) is 2. The molecule has 3 rings (SSSR count). The summed E-state index contributed by atoms with van der Waals surface area (Å²) in [6.07, 6.45) is 1.57. The highest BCUT2D eigenvalue weighted by atomic mass is 32.1. The monoisotopic (exact) mass is 390 g/mol. The highest BCUT2D eigenvalue weighted by Gasteiger charge is 2.29. The van der Waals surface area contributed by atoms with Gasteiger partial charge >= 0.3 is 6.09 Å². The van der Waals surface area contributed by atoms with E-state index in [9.17, 15) is 9.59 Å². The lowest BCUT2D eigenvalue weighted by molar-refractivity contribution is -0.0446. The van der Waals surface area contributed by atoms with Gasteiger partial charge in [0.15, 0.2) is 11.4 Å². The molecule has 8 nitrogen and oxygen atoms in total. The number of hydrogen-bond acceptors (Lipinski definition) is 8. The quantitative estimate of drug-likeness (QED) is 0.800. The van der Waals surface area contributed by atoms with E-state index in [1.165, 1.54) is 17.5 Å². The standard InChI is InChI=1S/C18H22N4O4S/c1-18(2,3)26-17(24)22-7-8-25-14(10-22)13-5-4-6-15(20-13)21-16-19-9-12(11-23)27-16/h4-6,9,11,14H,7-8,10H2,1-3H3,(H,19,20,21). The zero-order valence-electron chi connectivity index (χ0n) is 15.5. The van der Waals surface area contributed by atoms with Gasteiger partial charge in [-0.05, 0) is 32.9 Å². The van der Waals surface area contributed by atoms with Crippen LogP contribution >= 0.6 is 11.3 Å². The molecule has 9 heteroatoms. The molecule has 3 heterocycles. The van der Waals surface area contributed by atoms with E-state index in [1.54, 1.807) is 11.0 Å². The second kappa shape index (κ2) is 8.01. The number of thiazole rings is 1. The minimum absolute atomic E-state index is 0.338. The second-order valence-corrected chi connectivity index (χ2v) is 8.11. The van der Waals surface area contributed by atoms with Gasteiger partial charge in [0.2, 0.25) is 0 Å². The van der Waals surface area contributed by atoms with Crippen LogP contribution in [-0.4, -0.2) is 52.5 Å². The molecule has 1 aliphatic rings. The van der Waals surface area contributed by atoms with Gasteiger partial charge in [-0.15, -0.1) is 0 Å². The normalized spacial score (nSPS) is 17.4. The van der Waals surface area contributed by atoms with Gasteiger partial charge in [0, 0.05) is 6.54 Å². The predicted octanol–water partition coefficient (Wildman–Crippen LogP) is 3.40. The molecule has 144 valence electrons. The molecule has 1 aliphatic heterocycles. The maximum atomic E-state index is 12.3. The van der Waals surface area contributed by atoms with E-state index < -0.39 is 5.60 Å². The summed E-state index contributed by atoms with van der Waals surface area (Å²) in [7, 11) is 0. The van der Waals surface area contributed by atoms with Crippen LogP contribution in [0.15, 0.2) is 24.4 Å². The van der Waals surface area contributed by atoms with Crippen molar-refractivity contribution < 1.29 is 19.1 Å². The van der Waals surface area contributed by atoms with Gasteiger partial charge in [0.1, 0.15) is 17.5 Å². The average Bonchev–Trinajstić information content (AvgIpc) is 3.08. The Bertz CT molecular complexity index is 818. The lowest BCUT2D eigenvalue weighted by Crippen LogP contribution is -2.44. The Balaban J connectivity index is 1.68. The molecule has 1 amide bonds. The number of anilines is 2. The first-order valence-corrected chi connectivity index (χ1v) is 9.40. The van der Waals surface area contributed by atoms with Crippen molar-refractivity contribution in [1.82, 2.24) is 14.9 Å². The Kier molecular flexibility index (Phi) is 5.71. The first kappa shape index (κ1) is 19.2. The summed E-state index contributed by atoms with van der Waals surface area (Å²) in [4.78, 5) is 33.9. The summed E-state index contributed by atoms with van der Waals surface area (Å²) in [6.45, 7) is 6.80. The number of carbonyl (C=O) groups is 2. The summed E-state index contributed by atoms with van der Waals surface area (Å²) in [5.41, 5.74) is 0.168. The molecule has 0 saturated carbocycles. The second-order valence-electron chi connectivity index (χ2n) is 7.04. The molecule has 1 atom stereocenters. The maximum absolute atomic E-state index is 12.3. The Morgan fingerprint density at radius 1 is 1.44 bits per heavy atom. The first-order chi connectivity index (χ1) is 12.8. The molecule has 0 radical (unpaired) electrons. The molecule has 0 spiro atoms. The average molecular weight is 390 g/mol. The maximum Gasteiger partial charge on any atom is 0.410 e. The minimum atomic E-state index is -0.541. The van der Waals surface area contributed by atoms with Crippen molar-refractivity contribution in [3.63, 3.8) is 0 Å². The fourth-order valence-electron chi connectivity index (χ4n) is 2.53. The number of aldehydes is 1. The summed E-state index contributed by atoms with van der Waals surface area (Å²) >= 11 is 1.25. The van der Waals surface area contributed by atoms with Crippen molar-refractivity contribution in [3.05, 3.63) is 35.0 Å². The first-order valence-electron chi connectivity index (χ1n) is 8.58. The highest BCUT2D eigenvalue weighted by Crippen LogP contribution is 2.25. The number of nitrogens with one attached hydrogen (secondary N) is 1. The third kappa shape index (κ3) is 5.24. The molecule has 1 saturated heterocycles. The molecule has 0 aromatic carbocycles. The van der Waals surface area contributed by atoms with E-state index >= 15 is 0 Å². The number of hydrogen-bond donors (Lipinski definition) is 1. The van der Waals surface area contributed by atoms with E-state index in [4.69, 9.17) is 9.47 Å². The Morgan fingerprint density at radius 2 is 2.26 bits per heavy atom. The zero-order valence-corrected chi connectivity index (χ0v) is 16.3. The summed E-state index contributed by atoms with van der Waals surface area (Å²) < 4.78 is 11.2. The van der Waals surface area contributed by atoms with Crippen LogP contribution in [0.3, 0.4) is 0 Å². The molecule has 0 bridgehead atoms. The van der Waals surface area contributed by atoms with Gasteiger partial charge in [-0.2, -0.15) is 0 Å². The van der Waals surface area contributed by atoms with E-state index in [2.05, 4.69) is 15.3 Å². The third-order valence-electron chi connectivity index (χ3n) is 3.69. The van der Waals surface area contributed by atoms with Crippen LogP contribution in [0.4, 0.5) is 15.7 Å². The van der Waals surface area contributed by atoms with Crippen LogP contribution in [0.2, 0.25) is 0 Å². The SMILES string of the molecule is CC(C)(C)OC(=O)N1CCOC(c2cccc(Nc3ncc(C=O)s3)n2)C1. The molecular formula is C18H22N4O4S. The minimum Gasteiger partial charge on any atom is -0.444 e. The van der Waals surface area contributed by atoms with Crippen LogP contribution in [0.1, 0.15) is 42.2 Å². The van der Waals surface area contributed by atoms with E-state index in [0.29, 0.717) is 41.2 Å². The van der Waals surface area contributed by atoms with Gasteiger partial charge in [-0.3, -0.25) is 4.79 Å². The predicted molar refractivity (Wildman–Crippen MR) is 102 cm³/mol.